The molecule has 0 aromatic heterocycles. The van der Waals surface area contributed by atoms with Crippen LogP contribution in [0.5, 0.6) is 0 Å². The summed E-state index contributed by atoms with van der Waals surface area (Å²) < 4.78 is 1.02. The van der Waals surface area contributed by atoms with Gasteiger partial charge in [0.15, 0.2) is 5.78 Å². The van der Waals surface area contributed by atoms with Crippen LogP contribution in [0.1, 0.15) is 43.0 Å². The van der Waals surface area contributed by atoms with E-state index < -0.39 is 0 Å². The Morgan fingerprint density at radius 3 is 2.53 bits per heavy atom. The van der Waals surface area contributed by atoms with Crippen LogP contribution in [0.15, 0.2) is 28.7 Å². The summed E-state index contributed by atoms with van der Waals surface area (Å²) in [4.78, 5) is 14.5. The minimum atomic E-state index is 0.250. The molecule has 0 bridgehead atoms. The molecule has 1 aliphatic carbocycles. The summed E-state index contributed by atoms with van der Waals surface area (Å²) in [7, 11) is 0. The Labute approximate surface area is 124 Å². The van der Waals surface area contributed by atoms with Gasteiger partial charge in [-0.05, 0) is 37.4 Å². The van der Waals surface area contributed by atoms with E-state index in [1.54, 1.807) is 0 Å². The molecule has 2 rings (SSSR count). The van der Waals surface area contributed by atoms with Crippen molar-refractivity contribution in [2.24, 2.45) is 5.92 Å². The molecule has 0 unspecified atom stereocenters. The molecule has 1 aromatic rings. The van der Waals surface area contributed by atoms with E-state index in [2.05, 4.69) is 27.8 Å². The van der Waals surface area contributed by atoms with Crippen LogP contribution < -0.4 is 0 Å². The van der Waals surface area contributed by atoms with Gasteiger partial charge in [0.05, 0.1) is 0 Å². The first-order chi connectivity index (χ1) is 9.19. The standard InChI is InChI=1S/C16H22BrNO/c1-2-18(12-13-4-3-5-13)11-10-16(19)14-6-8-15(17)9-7-14/h6-9,13H,2-5,10-12H2,1H3. The van der Waals surface area contributed by atoms with Gasteiger partial charge < -0.3 is 4.90 Å². The number of carbonyl (C=O) groups excluding carboxylic acids is 1. The van der Waals surface area contributed by atoms with Crippen molar-refractivity contribution in [3.05, 3.63) is 34.3 Å². The molecule has 0 heterocycles. The molecule has 3 heteroatoms. The van der Waals surface area contributed by atoms with Crippen LogP contribution in [-0.4, -0.2) is 30.3 Å². The van der Waals surface area contributed by atoms with Crippen molar-refractivity contribution in [3.8, 4) is 0 Å². The molecule has 0 amide bonds. The summed E-state index contributed by atoms with van der Waals surface area (Å²) in [6.45, 7) is 5.29. The lowest BCUT2D eigenvalue weighted by atomic mass is 9.85. The number of nitrogens with zero attached hydrogens (tertiary/aromatic N) is 1. The van der Waals surface area contributed by atoms with Crippen LogP contribution in [0.3, 0.4) is 0 Å². The van der Waals surface area contributed by atoms with E-state index in [4.69, 9.17) is 0 Å². The van der Waals surface area contributed by atoms with Crippen LogP contribution in [-0.2, 0) is 0 Å². The number of hydrogen-bond donors (Lipinski definition) is 0. The molecule has 0 N–H and O–H groups in total. The Bertz CT molecular complexity index is 411. The molecule has 0 radical (unpaired) electrons. The molecule has 19 heavy (non-hydrogen) atoms. The van der Waals surface area contributed by atoms with Gasteiger partial charge in [0.2, 0.25) is 0 Å². The first kappa shape index (κ1) is 14.7. The molecule has 104 valence electrons. The fourth-order valence-electron chi connectivity index (χ4n) is 2.46. The van der Waals surface area contributed by atoms with Crippen molar-refractivity contribution in [3.63, 3.8) is 0 Å². The molecular formula is C16H22BrNO. The smallest absolute Gasteiger partial charge is 0.164 e. The van der Waals surface area contributed by atoms with Crippen LogP contribution in [0.25, 0.3) is 0 Å². The molecule has 1 saturated carbocycles. The summed E-state index contributed by atoms with van der Waals surface area (Å²) in [5, 5.41) is 0. The van der Waals surface area contributed by atoms with Gasteiger partial charge >= 0.3 is 0 Å². The molecule has 1 fully saturated rings. The summed E-state index contributed by atoms with van der Waals surface area (Å²) in [6, 6.07) is 7.65. The number of rotatable bonds is 7. The fraction of sp³-hybridized carbons (Fsp3) is 0.562. The van der Waals surface area contributed by atoms with Crippen LogP contribution >= 0.6 is 15.9 Å². The summed E-state index contributed by atoms with van der Waals surface area (Å²) in [5.74, 6) is 1.13. The highest BCUT2D eigenvalue weighted by Gasteiger charge is 2.20. The predicted octanol–water partition coefficient (Wildman–Crippen LogP) is 4.14. The highest BCUT2D eigenvalue weighted by molar-refractivity contribution is 9.10. The van der Waals surface area contributed by atoms with Crippen molar-refractivity contribution < 1.29 is 4.79 Å². The zero-order chi connectivity index (χ0) is 13.7. The molecule has 0 atom stereocenters. The third-order valence-corrected chi connectivity index (χ3v) is 4.54. The number of halogens is 1. The van der Waals surface area contributed by atoms with Gasteiger partial charge in [-0.25, -0.2) is 0 Å². The maximum Gasteiger partial charge on any atom is 0.164 e. The Hall–Kier alpha value is -0.670. The number of carbonyl (C=O) groups is 1. The van der Waals surface area contributed by atoms with Gasteiger partial charge in [0, 0.05) is 29.5 Å². The summed E-state index contributed by atoms with van der Waals surface area (Å²) in [6.07, 6.45) is 4.76. The van der Waals surface area contributed by atoms with Gasteiger partial charge in [-0.1, -0.05) is 41.4 Å². The molecule has 0 saturated heterocycles. The zero-order valence-corrected chi connectivity index (χ0v) is 13.2. The summed E-state index contributed by atoms with van der Waals surface area (Å²) >= 11 is 3.39. The van der Waals surface area contributed by atoms with Crippen molar-refractivity contribution in [1.29, 1.82) is 0 Å². The van der Waals surface area contributed by atoms with E-state index in [-0.39, 0.29) is 5.78 Å². The predicted molar refractivity (Wildman–Crippen MR) is 82.5 cm³/mol. The SMILES string of the molecule is CCN(CCC(=O)c1ccc(Br)cc1)CC1CCC1. The van der Waals surface area contributed by atoms with Crippen LogP contribution in [0.2, 0.25) is 0 Å². The highest BCUT2D eigenvalue weighted by Crippen LogP contribution is 2.27. The van der Waals surface area contributed by atoms with E-state index in [1.165, 1.54) is 25.8 Å². The third-order valence-electron chi connectivity index (χ3n) is 4.01. The third kappa shape index (κ3) is 4.43. The zero-order valence-electron chi connectivity index (χ0n) is 11.6. The Kier molecular flexibility index (Phi) is 5.59. The largest absolute Gasteiger partial charge is 0.303 e. The second kappa shape index (κ2) is 7.20. The van der Waals surface area contributed by atoms with Crippen LogP contribution in [0.4, 0.5) is 0 Å². The minimum absolute atomic E-state index is 0.250. The van der Waals surface area contributed by atoms with Crippen LogP contribution in [0, 0.1) is 5.92 Å². The maximum absolute atomic E-state index is 12.1. The molecule has 0 spiro atoms. The van der Waals surface area contributed by atoms with E-state index in [0.29, 0.717) is 6.42 Å². The Morgan fingerprint density at radius 2 is 2.00 bits per heavy atom. The quantitative estimate of drug-likeness (QED) is 0.703. The minimum Gasteiger partial charge on any atom is -0.303 e. The monoisotopic (exact) mass is 323 g/mol. The average molecular weight is 324 g/mol. The van der Waals surface area contributed by atoms with Gasteiger partial charge in [0.1, 0.15) is 0 Å². The van der Waals surface area contributed by atoms with Gasteiger partial charge in [0.25, 0.3) is 0 Å². The summed E-state index contributed by atoms with van der Waals surface area (Å²) in [5.41, 5.74) is 0.822. The topological polar surface area (TPSA) is 20.3 Å². The number of ketones is 1. The second-order valence-corrected chi connectivity index (χ2v) is 6.29. The highest BCUT2D eigenvalue weighted by atomic mass is 79.9. The first-order valence-electron chi connectivity index (χ1n) is 7.20. The molecule has 1 aliphatic rings. The fourth-order valence-corrected chi connectivity index (χ4v) is 2.72. The maximum atomic E-state index is 12.1. The van der Waals surface area contributed by atoms with Gasteiger partial charge in [-0.15, -0.1) is 0 Å². The van der Waals surface area contributed by atoms with E-state index >= 15 is 0 Å². The first-order valence-corrected chi connectivity index (χ1v) is 7.99. The van der Waals surface area contributed by atoms with Crippen molar-refractivity contribution in [1.82, 2.24) is 4.90 Å². The van der Waals surface area contributed by atoms with Crippen molar-refractivity contribution in [2.45, 2.75) is 32.6 Å². The molecule has 0 aliphatic heterocycles. The number of Topliss-reactive ketones (excluding diaryl/α,β-unsaturated/α-hetero) is 1. The normalized spacial score (nSPS) is 15.5. The molecule has 2 nitrogen and oxygen atoms in total. The number of hydrogen-bond acceptors (Lipinski definition) is 2. The lowest BCUT2D eigenvalue weighted by Gasteiger charge is -2.31. The van der Waals surface area contributed by atoms with E-state index in [1.807, 2.05) is 24.3 Å². The van der Waals surface area contributed by atoms with Gasteiger partial charge in [-0.3, -0.25) is 4.79 Å². The Morgan fingerprint density at radius 1 is 1.32 bits per heavy atom. The van der Waals surface area contributed by atoms with Crippen molar-refractivity contribution >= 4 is 21.7 Å². The van der Waals surface area contributed by atoms with E-state index in [9.17, 15) is 4.79 Å². The van der Waals surface area contributed by atoms with Gasteiger partial charge in [-0.2, -0.15) is 0 Å². The average Bonchev–Trinajstić information content (AvgIpc) is 2.37. The van der Waals surface area contributed by atoms with Crippen molar-refractivity contribution in [2.75, 3.05) is 19.6 Å². The molecule has 1 aromatic carbocycles. The Balaban J connectivity index is 1.79. The lowest BCUT2D eigenvalue weighted by molar-refractivity contribution is 0.0954. The number of benzene rings is 1. The lowest BCUT2D eigenvalue weighted by Crippen LogP contribution is -2.34. The second-order valence-electron chi connectivity index (χ2n) is 5.37. The molecular weight excluding hydrogens is 302 g/mol. The van der Waals surface area contributed by atoms with E-state index in [0.717, 1.165) is 29.0 Å².